The Hall–Kier alpha value is -1.25. The highest BCUT2D eigenvalue weighted by atomic mass is 32.2. The Morgan fingerprint density at radius 1 is 1.39 bits per heavy atom. The number of thioether (sulfide) groups is 1. The lowest BCUT2D eigenvalue weighted by Gasteiger charge is -2.34. The number of aromatic nitrogens is 3. The minimum Gasteiger partial charge on any atom is -0.292 e. The first-order chi connectivity index (χ1) is 13.4. The average molecular weight is 422 g/mol. The van der Waals surface area contributed by atoms with Crippen LogP contribution in [-0.2, 0) is 4.79 Å². The van der Waals surface area contributed by atoms with Crippen LogP contribution >= 0.6 is 23.7 Å². The lowest BCUT2D eigenvalue weighted by atomic mass is 9.94. The van der Waals surface area contributed by atoms with Gasteiger partial charge >= 0.3 is 0 Å². The molecule has 1 amide bonds. The van der Waals surface area contributed by atoms with Crippen molar-refractivity contribution in [2.45, 2.75) is 56.5 Å². The number of nitrogens with zero attached hydrogens (tertiary/aromatic N) is 3. The van der Waals surface area contributed by atoms with Crippen LogP contribution in [0.15, 0.2) is 18.2 Å². The number of piperidine rings is 1. The van der Waals surface area contributed by atoms with Gasteiger partial charge in [0.25, 0.3) is 0 Å². The number of anilines is 1. The van der Waals surface area contributed by atoms with Crippen molar-refractivity contribution >= 4 is 41.1 Å². The van der Waals surface area contributed by atoms with E-state index in [4.69, 9.17) is 0 Å². The van der Waals surface area contributed by atoms with Gasteiger partial charge in [-0.05, 0) is 51.7 Å². The highest BCUT2D eigenvalue weighted by Crippen LogP contribution is 2.36. The van der Waals surface area contributed by atoms with Crippen molar-refractivity contribution in [2.24, 2.45) is 5.92 Å². The van der Waals surface area contributed by atoms with Crippen LogP contribution in [0.25, 0.3) is 5.57 Å². The molecule has 1 aromatic rings. The molecule has 0 aromatic carbocycles. The fourth-order valence-electron chi connectivity index (χ4n) is 3.44. The number of allylic oxidation sites excluding steroid dienone is 4. The number of carbonyl (C=O) groups excluding carboxylic acids is 1. The van der Waals surface area contributed by atoms with Crippen LogP contribution in [0.5, 0.6) is 0 Å². The van der Waals surface area contributed by atoms with E-state index in [0.29, 0.717) is 22.9 Å². The largest absolute Gasteiger partial charge is 0.292 e. The average Bonchev–Trinajstić information content (AvgIpc) is 3.17. The third-order valence-electron chi connectivity index (χ3n) is 5.36. The fraction of sp³-hybridized carbons (Fsp3) is 0.650. The summed E-state index contributed by atoms with van der Waals surface area (Å²) in [5, 5.41) is 10.5. The lowest BCUT2D eigenvalue weighted by Crippen LogP contribution is -2.38. The molecule has 1 aliphatic carbocycles. The van der Waals surface area contributed by atoms with Crippen LogP contribution in [-0.4, -0.2) is 54.7 Å². The summed E-state index contributed by atoms with van der Waals surface area (Å²) in [6, 6.07) is 0. The fourth-order valence-corrected chi connectivity index (χ4v) is 5.46. The summed E-state index contributed by atoms with van der Waals surface area (Å²) < 4.78 is 1.86. The van der Waals surface area contributed by atoms with Crippen LogP contribution < -0.4 is 5.32 Å². The Morgan fingerprint density at radius 2 is 2.14 bits per heavy atom. The number of amides is 1. The van der Waals surface area contributed by atoms with Crippen molar-refractivity contribution in [3.8, 4) is 0 Å². The van der Waals surface area contributed by atoms with Gasteiger partial charge in [0, 0.05) is 23.9 Å². The maximum absolute atomic E-state index is 12.8. The Morgan fingerprint density at radius 3 is 2.75 bits per heavy atom. The van der Waals surface area contributed by atoms with Crippen molar-refractivity contribution < 1.29 is 4.79 Å². The summed E-state index contributed by atoms with van der Waals surface area (Å²) in [5.74, 6) is 1.61. The number of aromatic amines is 1. The van der Waals surface area contributed by atoms with Gasteiger partial charge in [-0.3, -0.25) is 19.5 Å². The Balaban J connectivity index is 1.55. The van der Waals surface area contributed by atoms with Crippen LogP contribution in [0.4, 0.5) is 5.95 Å². The minimum absolute atomic E-state index is 0.0467. The molecular weight excluding hydrogens is 390 g/mol. The molecule has 1 saturated heterocycles. The molecule has 2 aliphatic rings. The van der Waals surface area contributed by atoms with E-state index in [0.717, 1.165) is 44.3 Å². The van der Waals surface area contributed by atoms with E-state index in [1.807, 2.05) is 13.8 Å². The van der Waals surface area contributed by atoms with E-state index in [1.54, 1.807) is 23.7 Å². The molecule has 0 saturated carbocycles. The molecule has 8 heteroatoms. The number of rotatable bonds is 7. The second-order valence-electron chi connectivity index (χ2n) is 7.82. The Labute approximate surface area is 176 Å². The SMILES string of the molecule is CCC1C=CC(c2nc(NC(=O)C(C)(C)SC3CCN(SC)CC3)n[nH]2)=CC1. The van der Waals surface area contributed by atoms with E-state index < -0.39 is 4.75 Å². The molecule has 2 N–H and O–H groups in total. The van der Waals surface area contributed by atoms with Gasteiger partial charge in [0.2, 0.25) is 11.9 Å². The van der Waals surface area contributed by atoms with Gasteiger partial charge in [0.05, 0.1) is 4.75 Å². The maximum Gasteiger partial charge on any atom is 0.249 e. The van der Waals surface area contributed by atoms with Crippen LogP contribution in [0.1, 0.15) is 52.3 Å². The van der Waals surface area contributed by atoms with Gasteiger partial charge in [-0.25, -0.2) is 0 Å². The second kappa shape index (κ2) is 9.50. The number of H-pyrrole nitrogens is 1. The molecule has 154 valence electrons. The summed E-state index contributed by atoms with van der Waals surface area (Å²) in [5.41, 5.74) is 1.03. The minimum atomic E-state index is -0.522. The molecule has 1 aromatic heterocycles. The predicted octanol–water partition coefficient (Wildman–Crippen LogP) is 4.37. The summed E-state index contributed by atoms with van der Waals surface area (Å²) in [6.07, 6.45) is 13.0. The van der Waals surface area contributed by atoms with E-state index in [-0.39, 0.29) is 5.91 Å². The normalized spacial score (nSPS) is 21.6. The van der Waals surface area contributed by atoms with Crippen LogP contribution in [0, 0.1) is 5.92 Å². The molecule has 1 atom stereocenters. The number of nitrogens with one attached hydrogen (secondary N) is 2. The number of carbonyl (C=O) groups is 1. The number of hydrogen-bond donors (Lipinski definition) is 2. The van der Waals surface area contributed by atoms with Crippen LogP contribution in [0.3, 0.4) is 0 Å². The maximum atomic E-state index is 12.8. The van der Waals surface area contributed by atoms with Crippen molar-refractivity contribution in [1.82, 2.24) is 19.5 Å². The van der Waals surface area contributed by atoms with Gasteiger partial charge in [-0.2, -0.15) is 4.98 Å². The molecule has 2 heterocycles. The molecule has 0 radical (unpaired) electrons. The summed E-state index contributed by atoms with van der Waals surface area (Å²) in [4.78, 5) is 17.3. The lowest BCUT2D eigenvalue weighted by molar-refractivity contribution is -0.117. The zero-order chi connectivity index (χ0) is 20.1. The monoisotopic (exact) mass is 421 g/mol. The van der Waals surface area contributed by atoms with E-state index in [1.165, 1.54) is 0 Å². The molecule has 28 heavy (non-hydrogen) atoms. The molecule has 1 unspecified atom stereocenters. The van der Waals surface area contributed by atoms with Crippen molar-refractivity contribution in [3.63, 3.8) is 0 Å². The van der Waals surface area contributed by atoms with Gasteiger partial charge in [-0.15, -0.1) is 16.9 Å². The molecule has 6 nitrogen and oxygen atoms in total. The molecular formula is C20H31N5OS2. The zero-order valence-corrected chi connectivity index (χ0v) is 18.8. The van der Waals surface area contributed by atoms with Gasteiger partial charge in [0.15, 0.2) is 5.82 Å². The van der Waals surface area contributed by atoms with E-state index in [9.17, 15) is 4.79 Å². The highest BCUT2D eigenvalue weighted by molar-refractivity contribution is 8.02. The molecule has 3 rings (SSSR count). The van der Waals surface area contributed by atoms with Gasteiger partial charge in [-0.1, -0.05) is 37.1 Å². The van der Waals surface area contributed by atoms with E-state index >= 15 is 0 Å². The topological polar surface area (TPSA) is 73.9 Å². The standard InChI is InChI=1S/C20H31N5OS2/c1-5-14-6-8-15(9-7-14)17-21-19(24-23-17)22-18(26)20(2,3)28-16-10-12-25(27-4)13-11-16/h6,8-9,14,16H,5,7,10-13H2,1-4H3,(H2,21,22,23,24,26). The molecule has 0 bridgehead atoms. The van der Waals surface area contributed by atoms with Crippen LogP contribution in [0.2, 0.25) is 0 Å². The second-order valence-corrected chi connectivity index (χ2v) is 10.6. The van der Waals surface area contributed by atoms with Gasteiger partial charge < -0.3 is 0 Å². The quantitative estimate of drug-likeness (QED) is 0.637. The van der Waals surface area contributed by atoms with Gasteiger partial charge in [0.1, 0.15) is 0 Å². The number of hydrogen-bond acceptors (Lipinski definition) is 6. The first kappa shape index (κ1) is 21.5. The molecule has 1 aliphatic heterocycles. The van der Waals surface area contributed by atoms with Crippen molar-refractivity contribution in [3.05, 3.63) is 24.1 Å². The highest BCUT2D eigenvalue weighted by Gasteiger charge is 2.34. The van der Waals surface area contributed by atoms with Crippen molar-refractivity contribution in [2.75, 3.05) is 24.7 Å². The van der Waals surface area contributed by atoms with E-state index in [2.05, 4.69) is 56.2 Å². The molecule has 1 fully saturated rings. The summed E-state index contributed by atoms with van der Waals surface area (Å²) in [7, 11) is 0. The first-order valence-corrected chi connectivity index (χ1v) is 12.1. The molecule has 0 spiro atoms. The zero-order valence-electron chi connectivity index (χ0n) is 17.2. The summed E-state index contributed by atoms with van der Waals surface area (Å²) in [6.45, 7) is 8.34. The Bertz CT molecular complexity index is 735. The summed E-state index contributed by atoms with van der Waals surface area (Å²) >= 11 is 3.57. The van der Waals surface area contributed by atoms with Crippen molar-refractivity contribution in [1.29, 1.82) is 0 Å². The smallest absolute Gasteiger partial charge is 0.249 e. The first-order valence-electron chi connectivity index (χ1n) is 10.0. The predicted molar refractivity (Wildman–Crippen MR) is 120 cm³/mol. The third kappa shape index (κ3) is 5.42. The Kier molecular flexibility index (Phi) is 7.28. The third-order valence-corrected chi connectivity index (χ3v) is 7.83.